The van der Waals surface area contributed by atoms with Crippen LogP contribution in [-0.2, 0) is 17.8 Å². The lowest BCUT2D eigenvalue weighted by Gasteiger charge is -2.22. The molecular weight excluding hydrogens is 414 g/mol. The van der Waals surface area contributed by atoms with Crippen LogP contribution in [-0.4, -0.2) is 32.1 Å². The van der Waals surface area contributed by atoms with Gasteiger partial charge in [0.1, 0.15) is 24.0 Å². The molecule has 30 heavy (non-hydrogen) atoms. The molecule has 1 saturated heterocycles. The van der Waals surface area contributed by atoms with Gasteiger partial charge >= 0.3 is 0 Å². The molecule has 158 valence electrons. The molecular formula is C21H21ClF2N4O2. The summed E-state index contributed by atoms with van der Waals surface area (Å²) in [6.45, 7) is 1.92. The first-order valence-corrected chi connectivity index (χ1v) is 10.1. The first-order chi connectivity index (χ1) is 14.4. The Labute approximate surface area is 177 Å². The number of hydrogen-bond donors (Lipinski definition) is 0. The number of aryl methyl sites for hydroxylation is 1. The number of nitrogens with zero attached hydrogens (tertiary/aromatic N) is 4. The van der Waals surface area contributed by atoms with Gasteiger partial charge in [0.2, 0.25) is 11.8 Å². The van der Waals surface area contributed by atoms with Crippen LogP contribution in [0.4, 0.5) is 8.78 Å². The number of amides is 1. The van der Waals surface area contributed by atoms with Crippen LogP contribution in [0.1, 0.15) is 53.9 Å². The summed E-state index contributed by atoms with van der Waals surface area (Å²) in [5, 5.41) is 4.69. The van der Waals surface area contributed by atoms with Crippen molar-refractivity contribution in [2.75, 3.05) is 6.54 Å². The summed E-state index contributed by atoms with van der Waals surface area (Å²) in [5.74, 6) is 0.856. The molecule has 0 bridgehead atoms. The summed E-state index contributed by atoms with van der Waals surface area (Å²) in [5.41, 5.74) is 1.20. The van der Waals surface area contributed by atoms with Gasteiger partial charge in [0.25, 0.3) is 6.43 Å². The number of oxazole rings is 1. The van der Waals surface area contributed by atoms with Crippen LogP contribution in [0.15, 0.2) is 40.9 Å². The fourth-order valence-corrected chi connectivity index (χ4v) is 4.03. The number of alkyl halides is 2. The predicted molar refractivity (Wildman–Crippen MR) is 106 cm³/mol. The Morgan fingerprint density at radius 3 is 2.97 bits per heavy atom. The van der Waals surface area contributed by atoms with E-state index in [1.807, 2.05) is 18.2 Å². The van der Waals surface area contributed by atoms with E-state index in [2.05, 4.69) is 10.1 Å². The lowest BCUT2D eigenvalue weighted by molar-refractivity contribution is -0.133. The van der Waals surface area contributed by atoms with E-state index in [9.17, 15) is 13.6 Å². The standard InChI is InChI=1S/C21H21ClF2N4O2/c1-13-8-18(20(23)24)28(26-13)12-19(29)27-7-3-6-17(27)21-25-11-16(30-21)10-14-4-2-5-15(22)9-14/h2,4-5,8-9,11,17,20H,3,6-7,10,12H2,1H3/t17-/m1/s1. The van der Waals surface area contributed by atoms with Crippen LogP contribution in [0.2, 0.25) is 5.02 Å². The van der Waals surface area contributed by atoms with E-state index in [1.54, 1.807) is 24.1 Å². The SMILES string of the molecule is Cc1cc(C(F)F)n(CC(=O)N2CCC[C@@H]2c2ncc(Cc3cccc(Cl)c3)o2)n1. The van der Waals surface area contributed by atoms with Gasteiger partial charge in [0.15, 0.2) is 0 Å². The molecule has 0 N–H and O–H groups in total. The Morgan fingerprint density at radius 1 is 1.37 bits per heavy atom. The molecule has 9 heteroatoms. The quantitative estimate of drug-likeness (QED) is 0.563. The van der Waals surface area contributed by atoms with Gasteiger partial charge in [-0.05, 0) is 43.5 Å². The number of halogens is 3. The van der Waals surface area contributed by atoms with E-state index < -0.39 is 6.43 Å². The summed E-state index contributed by atoms with van der Waals surface area (Å²) >= 11 is 6.03. The maximum Gasteiger partial charge on any atom is 0.280 e. The monoisotopic (exact) mass is 434 g/mol. The molecule has 1 amide bonds. The highest BCUT2D eigenvalue weighted by atomic mass is 35.5. The van der Waals surface area contributed by atoms with Crippen LogP contribution >= 0.6 is 11.6 Å². The van der Waals surface area contributed by atoms with E-state index >= 15 is 0 Å². The molecule has 1 fully saturated rings. The minimum absolute atomic E-state index is 0.236. The fourth-order valence-electron chi connectivity index (χ4n) is 3.82. The maximum absolute atomic E-state index is 13.2. The zero-order valence-electron chi connectivity index (χ0n) is 16.4. The second-order valence-electron chi connectivity index (χ2n) is 7.39. The van der Waals surface area contributed by atoms with Gasteiger partial charge in [0.05, 0.1) is 11.9 Å². The Balaban J connectivity index is 1.47. The average molecular weight is 435 g/mol. The van der Waals surface area contributed by atoms with Gasteiger partial charge in [-0.1, -0.05) is 23.7 Å². The van der Waals surface area contributed by atoms with E-state index in [4.69, 9.17) is 16.0 Å². The number of aromatic nitrogens is 3. The number of likely N-dealkylation sites (tertiary alicyclic amines) is 1. The molecule has 0 aliphatic carbocycles. The molecule has 0 spiro atoms. The molecule has 1 aliphatic rings. The van der Waals surface area contributed by atoms with Gasteiger partial charge in [0, 0.05) is 18.0 Å². The molecule has 1 atom stereocenters. The largest absolute Gasteiger partial charge is 0.443 e. The van der Waals surface area contributed by atoms with Crippen LogP contribution in [0.25, 0.3) is 0 Å². The zero-order chi connectivity index (χ0) is 21.3. The van der Waals surface area contributed by atoms with Gasteiger partial charge < -0.3 is 9.32 Å². The lowest BCUT2D eigenvalue weighted by Crippen LogP contribution is -2.34. The molecule has 0 saturated carbocycles. The van der Waals surface area contributed by atoms with Crippen molar-refractivity contribution in [2.45, 2.75) is 45.2 Å². The van der Waals surface area contributed by atoms with Crippen molar-refractivity contribution in [3.63, 3.8) is 0 Å². The third kappa shape index (κ3) is 4.38. The summed E-state index contributed by atoms with van der Waals surface area (Å²) < 4.78 is 33.4. The van der Waals surface area contributed by atoms with E-state index in [1.165, 1.54) is 6.07 Å². The van der Waals surface area contributed by atoms with Crippen molar-refractivity contribution < 1.29 is 18.0 Å². The van der Waals surface area contributed by atoms with E-state index in [-0.39, 0.29) is 24.2 Å². The first-order valence-electron chi connectivity index (χ1n) is 9.71. The lowest BCUT2D eigenvalue weighted by atomic mass is 10.1. The van der Waals surface area contributed by atoms with Gasteiger partial charge in [-0.15, -0.1) is 0 Å². The van der Waals surface area contributed by atoms with Crippen molar-refractivity contribution in [1.82, 2.24) is 19.7 Å². The number of hydrogen-bond acceptors (Lipinski definition) is 4. The van der Waals surface area contributed by atoms with Crippen LogP contribution in [0, 0.1) is 6.92 Å². The highest BCUT2D eigenvalue weighted by molar-refractivity contribution is 6.30. The average Bonchev–Trinajstić information content (AvgIpc) is 3.41. The molecule has 0 unspecified atom stereocenters. The summed E-state index contributed by atoms with van der Waals surface area (Å²) in [7, 11) is 0. The molecule has 6 nitrogen and oxygen atoms in total. The van der Waals surface area contributed by atoms with Gasteiger partial charge in [-0.3, -0.25) is 9.48 Å². The molecule has 2 aromatic heterocycles. The number of benzene rings is 1. The van der Waals surface area contributed by atoms with Crippen LogP contribution in [0.3, 0.4) is 0 Å². The highest BCUT2D eigenvalue weighted by Gasteiger charge is 2.34. The highest BCUT2D eigenvalue weighted by Crippen LogP contribution is 2.32. The maximum atomic E-state index is 13.2. The molecule has 3 heterocycles. The Bertz CT molecular complexity index is 1050. The van der Waals surface area contributed by atoms with Crippen molar-refractivity contribution in [3.05, 3.63) is 70.2 Å². The number of rotatable bonds is 6. The van der Waals surface area contributed by atoms with Crippen molar-refractivity contribution in [2.24, 2.45) is 0 Å². The van der Waals surface area contributed by atoms with E-state index in [0.29, 0.717) is 41.8 Å². The Hall–Kier alpha value is -2.74. The number of carbonyl (C=O) groups is 1. The zero-order valence-corrected chi connectivity index (χ0v) is 17.1. The normalized spacial score (nSPS) is 16.6. The molecule has 3 aromatic rings. The van der Waals surface area contributed by atoms with Crippen LogP contribution < -0.4 is 0 Å². The minimum atomic E-state index is -2.69. The van der Waals surface area contributed by atoms with Crippen molar-refractivity contribution >= 4 is 17.5 Å². The first kappa shape index (κ1) is 20.5. The predicted octanol–water partition coefficient (Wildman–Crippen LogP) is 4.73. The third-order valence-corrected chi connectivity index (χ3v) is 5.37. The summed E-state index contributed by atoms with van der Waals surface area (Å²) in [6, 6.07) is 8.48. The van der Waals surface area contributed by atoms with Gasteiger partial charge in [-0.2, -0.15) is 5.10 Å². The van der Waals surface area contributed by atoms with Crippen molar-refractivity contribution in [1.29, 1.82) is 0 Å². The van der Waals surface area contributed by atoms with Crippen molar-refractivity contribution in [3.8, 4) is 0 Å². The third-order valence-electron chi connectivity index (χ3n) is 5.14. The molecule has 1 aromatic carbocycles. The summed E-state index contributed by atoms with van der Waals surface area (Å²) in [4.78, 5) is 18.9. The topological polar surface area (TPSA) is 64.2 Å². The number of carbonyl (C=O) groups excluding carboxylic acids is 1. The summed E-state index contributed by atoms with van der Waals surface area (Å²) in [6.07, 6.45) is 1.01. The second kappa shape index (κ2) is 8.55. The Morgan fingerprint density at radius 2 is 2.20 bits per heavy atom. The molecule has 1 aliphatic heterocycles. The fraction of sp³-hybridized carbons (Fsp3) is 0.381. The smallest absolute Gasteiger partial charge is 0.280 e. The minimum Gasteiger partial charge on any atom is -0.443 e. The second-order valence-corrected chi connectivity index (χ2v) is 7.82. The molecule has 0 radical (unpaired) electrons. The Kier molecular flexibility index (Phi) is 5.85. The van der Waals surface area contributed by atoms with Crippen LogP contribution in [0.5, 0.6) is 0 Å². The van der Waals surface area contributed by atoms with Gasteiger partial charge in [-0.25, -0.2) is 13.8 Å². The molecule has 4 rings (SSSR count). The van der Waals surface area contributed by atoms with E-state index in [0.717, 1.165) is 16.7 Å².